The molecule has 2 aliphatic rings. The maximum Gasteiger partial charge on any atom is 0.257 e. The number of carbonyl (C=O) groups is 3. The molecule has 2 aromatic carbocycles. The van der Waals surface area contributed by atoms with Crippen LogP contribution in [0.4, 0.5) is 5.69 Å². The van der Waals surface area contributed by atoms with Crippen LogP contribution in [0.3, 0.4) is 0 Å². The lowest BCUT2D eigenvalue weighted by molar-refractivity contribution is -0.140. The largest absolute Gasteiger partial charge is 0.326 e. The van der Waals surface area contributed by atoms with Crippen LogP contribution in [0.2, 0.25) is 0 Å². The Morgan fingerprint density at radius 3 is 2.23 bits per heavy atom. The van der Waals surface area contributed by atoms with Gasteiger partial charge in [-0.05, 0) is 42.7 Å². The number of nitrogens with two attached hydrogens (primary N) is 1. The predicted octanol–water partition coefficient (Wildman–Crippen LogP) is 1.40. The van der Waals surface area contributed by atoms with Gasteiger partial charge in [-0.25, -0.2) is 18.5 Å². The molecule has 1 aliphatic carbocycles. The first-order chi connectivity index (χ1) is 14.3. The molecule has 1 heterocycles. The lowest BCUT2D eigenvalue weighted by Crippen LogP contribution is -2.45. The van der Waals surface area contributed by atoms with Crippen LogP contribution in [0.25, 0.3) is 0 Å². The van der Waals surface area contributed by atoms with Crippen molar-refractivity contribution in [2.75, 3.05) is 4.90 Å². The number of sulfonamides is 1. The maximum absolute atomic E-state index is 13.1. The quantitative estimate of drug-likeness (QED) is 0.699. The van der Waals surface area contributed by atoms with Crippen molar-refractivity contribution in [3.05, 3.63) is 60.2 Å². The molecule has 0 radical (unpaired) electrons. The minimum absolute atomic E-state index is 0.0975. The number of rotatable bonds is 6. The van der Waals surface area contributed by atoms with E-state index in [4.69, 9.17) is 5.14 Å². The normalized spacial score (nSPS) is 19.2. The van der Waals surface area contributed by atoms with Crippen molar-refractivity contribution in [3.8, 4) is 0 Å². The number of imide groups is 1. The molecule has 1 saturated carbocycles. The summed E-state index contributed by atoms with van der Waals surface area (Å²) < 4.78 is 22.9. The van der Waals surface area contributed by atoms with Gasteiger partial charge in [-0.2, -0.15) is 0 Å². The molecule has 156 valence electrons. The molecule has 0 spiro atoms. The number of hydrogen-bond acceptors (Lipinski definition) is 5. The number of hydrogen-bond donors (Lipinski definition) is 1. The van der Waals surface area contributed by atoms with Gasteiger partial charge in [0, 0.05) is 12.5 Å². The highest BCUT2D eigenvalue weighted by Gasteiger charge is 2.46. The minimum atomic E-state index is -3.88. The standard InChI is InChI=1S/C21H21N3O5S/c22-30(28,29)17-10-8-16(9-11-17)24-19(25)12-18(21(24)27)23(20(26)15-6-7-15)13-14-4-2-1-3-5-14/h1-5,8-11,15,18H,6-7,12-13H2,(H2,22,28,29). The average molecular weight is 427 g/mol. The summed E-state index contributed by atoms with van der Waals surface area (Å²) >= 11 is 0. The Labute approximate surface area is 174 Å². The topological polar surface area (TPSA) is 118 Å². The Morgan fingerprint density at radius 1 is 1.03 bits per heavy atom. The first-order valence-electron chi connectivity index (χ1n) is 9.60. The van der Waals surface area contributed by atoms with Gasteiger partial charge in [0.1, 0.15) is 6.04 Å². The summed E-state index contributed by atoms with van der Waals surface area (Å²) in [5.74, 6) is -1.14. The van der Waals surface area contributed by atoms with Crippen LogP contribution in [-0.4, -0.2) is 37.1 Å². The molecule has 4 rings (SSSR count). The Bertz CT molecular complexity index is 1100. The molecule has 0 bridgehead atoms. The zero-order valence-corrected chi connectivity index (χ0v) is 16.9. The van der Waals surface area contributed by atoms with E-state index < -0.39 is 27.9 Å². The van der Waals surface area contributed by atoms with E-state index in [9.17, 15) is 22.8 Å². The first-order valence-corrected chi connectivity index (χ1v) is 11.1. The van der Waals surface area contributed by atoms with Crippen LogP contribution in [0, 0.1) is 5.92 Å². The molecule has 3 amide bonds. The van der Waals surface area contributed by atoms with Gasteiger partial charge in [-0.1, -0.05) is 30.3 Å². The molecule has 1 aliphatic heterocycles. The van der Waals surface area contributed by atoms with E-state index in [0.717, 1.165) is 23.3 Å². The second-order valence-electron chi connectivity index (χ2n) is 7.55. The third-order valence-corrected chi connectivity index (χ3v) is 6.26. The molecule has 1 unspecified atom stereocenters. The van der Waals surface area contributed by atoms with Crippen LogP contribution in [-0.2, 0) is 31.0 Å². The monoisotopic (exact) mass is 427 g/mol. The Hall–Kier alpha value is -3.04. The second-order valence-corrected chi connectivity index (χ2v) is 9.11. The first kappa shape index (κ1) is 20.2. The number of primary sulfonamides is 1. The third-order valence-electron chi connectivity index (χ3n) is 5.33. The van der Waals surface area contributed by atoms with Crippen LogP contribution >= 0.6 is 0 Å². The van der Waals surface area contributed by atoms with E-state index in [1.165, 1.54) is 29.2 Å². The molecule has 1 saturated heterocycles. The summed E-state index contributed by atoms with van der Waals surface area (Å²) in [4.78, 5) is 41.1. The van der Waals surface area contributed by atoms with Crippen molar-refractivity contribution in [2.45, 2.75) is 36.7 Å². The molecule has 2 aromatic rings. The lowest BCUT2D eigenvalue weighted by Gasteiger charge is -2.28. The molecule has 9 heteroatoms. The van der Waals surface area contributed by atoms with Crippen molar-refractivity contribution in [3.63, 3.8) is 0 Å². The molecular weight excluding hydrogens is 406 g/mol. The van der Waals surface area contributed by atoms with E-state index in [1.54, 1.807) is 0 Å². The highest BCUT2D eigenvalue weighted by molar-refractivity contribution is 7.89. The van der Waals surface area contributed by atoms with Gasteiger partial charge in [0.05, 0.1) is 17.0 Å². The van der Waals surface area contributed by atoms with E-state index in [0.29, 0.717) is 0 Å². The average Bonchev–Trinajstić information content (AvgIpc) is 3.52. The predicted molar refractivity (Wildman–Crippen MR) is 108 cm³/mol. The molecule has 8 nitrogen and oxygen atoms in total. The SMILES string of the molecule is NS(=O)(=O)c1ccc(N2C(=O)CC(N(Cc3ccccc3)C(=O)C3CC3)C2=O)cc1. The van der Waals surface area contributed by atoms with Gasteiger partial charge in [0.25, 0.3) is 5.91 Å². The van der Waals surface area contributed by atoms with Crippen LogP contribution in [0.15, 0.2) is 59.5 Å². The highest BCUT2D eigenvalue weighted by Crippen LogP contribution is 2.35. The minimum Gasteiger partial charge on any atom is -0.326 e. The van der Waals surface area contributed by atoms with Gasteiger partial charge in [0.15, 0.2) is 0 Å². The smallest absolute Gasteiger partial charge is 0.257 e. The Kier molecular flexibility index (Phi) is 5.17. The van der Waals surface area contributed by atoms with Crippen molar-refractivity contribution in [1.29, 1.82) is 0 Å². The van der Waals surface area contributed by atoms with Gasteiger partial charge < -0.3 is 4.90 Å². The lowest BCUT2D eigenvalue weighted by atomic mass is 10.1. The highest BCUT2D eigenvalue weighted by atomic mass is 32.2. The summed E-state index contributed by atoms with van der Waals surface area (Å²) in [5, 5.41) is 5.10. The zero-order chi connectivity index (χ0) is 21.5. The third kappa shape index (κ3) is 3.99. The number of nitrogens with zero attached hydrogens (tertiary/aromatic N) is 2. The van der Waals surface area contributed by atoms with Crippen molar-refractivity contribution >= 4 is 33.4 Å². The number of amides is 3. The molecule has 2 fully saturated rings. The fourth-order valence-corrected chi connectivity index (χ4v) is 4.12. The summed E-state index contributed by atoms with van der Waals surface area (Å²) in [6, 6.07) is 13.7. The summed E-state index contributed by atoms with van der Waals surface area (Å²) in [6.45, 7) is 0.248. The van der Waals surface area contributed by atoms with Gasteiger partial charge >= 0.3 is 0 Å². The van der Waals surface area contributed by atoms with Gasteiger partial charge in [-0.15, -0.1) is 0 Å². The number of carbonyl (C=O) groups excluding carboxylic acids is 3. The second kappa shape index (κ2) is 7.66. The summed E-state index contributed by atoms with van der Waals surface area (Å²) in [5.41, 5.74) is 1.13. The summed E-state index contributed by atoms with van der Waals surface area (Å²) in [6.07, 6.45) is 1.47. The van der Waals surface area contributed by atoms with Crippen molar-refractivity contribution < 1.29 is 22.8 Å². The molecular formula is C21H21N3O5S. The Morgan fingerprint density at radius 2 is 1.67 bits per heavy atom. The van der Waals surface area contributed by atoms with E-state index in [2.05, 4.69) is 0 Å². The van der Waals surface area contributed by atoms with Crippen LogP contribution < -0.4 is 10.0 Å². The fourth-order valence-electron chi connectivity index (χ4n) is 3.60. The zero-order valence-electron chi connectivity index (χ0n) is 16.1. The molecule has 30 heavy (non-hydrogen) atoms. The van der Waals surface area contributed by atoms with Crippen LogP contribution in [0.1, 0.15) is 24.8 Å². The molecule has 0 aromatic heterocycles. The van der Waals surface area contributed by atoms with Gasteiger partial charge in [-0.3, -0.25) is 14.4 Å². The fraction of sp³-hybridized carbons (Fsp3) is 0.286. The van der Waals surface area contributed by atoms with Crippen LogP contribution in [0.5, 0.6) is 0 Å². The van der Waals surface area contributed by atoms with Crippen molar-refractivity contribution in [1.82, 2.24) is 4.90 Å². The van der Waals surface area contributed by atoms with E-state index >= 15 is 0 Å². The number of benzene rings is 2. The van der Waals surface area contributed by atoms with E-state index in [-0.39, 0.29) is 35.4 Å². The maximum atomic E-state index is 13.1. The molecule has 1 atom stereocenters. The molecule has 2 N–H and O–H groups in total. The van der Waals surface area contributed by atoms with Gasteiger partial charge in [0.2, 0.25) is 21.8 Å². The van der Waals surface area contributed by atoms with Crippen molar-refractivity contribution in [2.24, 2.45) is 11.1 Å². The summed E-state index contributed by atoms with van der Waals surface area (Å²) in [7, 11) is -3.88. The number of anilines is 1. The van der Waals surface area contributed by atoms with E-state index in [1.807, 2.05) is 30.3 Å². The Balaban J connectivity index is 1.61.